The normalized spacial score (nSPS) is 10.6. The summed E-state index contributed by atoms with van der Waals surface area (Å²) in [6.07, 6.45) is 0.0850. The molecule has 0 aliphatic heterocycles. The van der Waals surface area contributed by atoms with Gasteiger partial charge in [0.05, 0.1) is 10.9 Å². The summed E-state index contributed by atoms with van der Waals surface area (Å²) in [5.41, 5.74) is 0.838. The summed E-state index contributed by atoms with van der Waals surface area (Å²) in [5, 5.41) is 15.1. The molecule has 0 saturated carbocycles. The summed E-state index contributed by atoms with van der Waals surface area (Å²) >= 11 is 5.22. The van der Waals surface area contributed by atoms with Gasteiger partial charge in [0.25, 0.3) is 11.5 Å². The van der Waals surface area contributed by atoms with E-state index in [1.807, 2.05) is 6.07 Å². The van der Waals surface area contributed by atoms with Crippen LogP contribution in [0.4, 0.5) is 0 Å². The fourth-order valence-electron chi connectivity index (χ4n) is 2.80. The van der Waals surface area contributed by atoms with Crippen LogP contribution in [0.5, 0.6) is 5.75 Å². The van der Waals surface area contributed by atoms with Gasteiger partial charge in [-0.25, -0.2) is 0 Å². The number of nitrogens with one attached hydrogen (secondary N) is 3. The molecule has 3 aromatic rings. The average Bonchev–Trinajstić information content (AvgIpc) is 2.71. The molecular weight excluding hydrogens is 392 g/mol. The minimum atomic E-state index is -0.298. The zero-order valence-electron chi connectivity index (χ0n) is 15.5. The molecule has 0 saturated heterocycles. The van der Waals surface area contributed by atoms with Gasteiger partial charge in [-0.3, -0.25) is 19.0 Å². The van der Waals surface area contributed by atoms with E-state index in [0.29, 0.717) is 16.5 Å². The summed E-state index contributed by atoms with van der Waals surface area (Å²) < 4.78 is 1.63. The second-order valence-electron chi connectivity index (χ2n) is 6.34. The molecule has 0 fully saturated rings. The van der Waals surface area contributed by atoms with Gasteiger partial charge in [0.15, 0.2) is 4.77 Å². The topological polar surface area (TPSA) is 116 Å². The molecule has 9 heteroatoms. The lowest BCUT2D eigenvalue weighted by Crippen LogP contribution is -2.35. The first kappa shape index (κ1) is 20.3. The minimum Gasteiger partial charge on any atom is -0.508 e. The SMILES string of the molecule is O=C(CCn1c(=S)[nH]c2ccccc2c1=O)NCCNC(=O)c1ccc(O)cc1. The average molecular weight is 412 g/mol. The Morgan fingerprint density at radius 3 is 2.48 bits per heavy atom. The Hall–Kier alpha value is -3.46. The van der Waals surface area contributed by atoms with E-state index in [0.717, 1.165) is 0 Å². The highest BCUT2D eigenvalue weighted by Crippen LogP contribution is 2.09. The largest absolute Gasteiger partial charge is 0.508 e. The van der Waals surface area contributed by atoms with Crippen LogP contribution in [-0.2, 0) is 11.3 Å². The summed E-state index contributed by atoms with van der Waals surface area (Å²) in [7, 11) is 0. The second-order valence-corrected chi connectivity index (χ2v) is 6.72. The van der Waals surface area contributed by atoms with Crippen molar-refractivity contribution in [2.75, 3.05) is 13.1 Å². The number of para-hydroxylation sites is 1. The summed E-state index contributed by atoms with van der Waals surface area (Å²) in [5.74, 6) is -0.467. The molecule has 4 N–H and O–H groups in total. The number of nitrogens with zero attached hydrogens (tertiary/aromatic N) is 1. The van der Waals surface area contributed by atoms with Crippen molar-refractivity contribution >= 4 is 34.9 Å². The maximum absolute atomic E-state index is 12.5. The van der Waals surface area contributed by atoms with Gasteiger partial charge in [0, 0.05) is 31.6 Å². The van der Waals surface area contributed by atoms with Gasteiger partial charge in [-0.1, -0.05) is 12.1 Å². The molecule has 29 heavy (non-hydrogen) atoms. The number of aromatic hydroxyl groups is 1. The number of carbonyl (C=O) groups excluding carboxylic acids is 2. The molecule has 2 amide bonds. The van der Waals surface area contributed by atoms with Crippen molar-refractivity contribution in [1.82, 2.24) is 20.2 Å². The lowest BCUT2D eigenvalue weighted by atomic mass is 10.2. The Balaban J connectivity index is 1.47. The number of rotatable bonds is 7. The van der Waals surface area contributed by atoms with Gasteiger partial charge in [0.1, 0.15) is 5.75 Å². The summed E-state index contributed by atoms with van der Waals surface area (Å²) in [6.45, 7) is 0.661. The van der Waals surface area contributed by atoms with E-state index in [1.165, 1.54) is 28.8 Å². The van der Waals surface area contributed by atoms with E-state index in [1.54, 1.807) is 18.2 Å². The smallest absolute Gasteiger partial charge is 0.262 e. The number of phenolic OH excluding ortho intramolecular Hbond substituents is 1. The molecular formula is C20H20N4O4S. The maximum Gasteiger partial charge on any atom is 0.262 e. The van der Waals surface area contributed by atoms with Crippen LogP contribution < -0.4 is 16.2 Å². The summed E-state index contributed by atoms with van der Waals surface area (Å²) in [4.78, 5) is 39.5. The van der Waals surface area contributed by atoms with Crippen LogP contribution in [0.15, 0.2) is 53.3 Å². The van der Waals surface area contributed by atoms with Gasteiger partial charge in [0.2, 0.25) is 5.91 Å². The zero-order valence-corrected chi connectivity index (χ0v) is 16.3. The van der Waals surface area contributed by atoms with Crippen molar-refractivity contribution in [3.8, 4) is 5.75 Å². The quantitative estimate of drug-likeness (QED) is 0.348. The lowest BCUT2D eigenvalue weighted by molar-refractivity contribution is -0.121. The molecule has 3 rings (SSSR count). The third-order valence-corrected chi connectivity index (χ3v) is 4.64. The van der Waals surface area contributed by atoms with Crippen LogP contribution in [0.25, 0.3) is 10.9 Å². The third kappa shape index (κ3) is 5.08. The predicted octanol–water partition coefficient (Wildman–Crippen LogP) is 1.70. The highest BCUT2D eigenvalue weighted by atomic mass is 32.1. The molecule has 2 aromatic carbocycles. The molecule has 0 aliphatic rings. The third-order valence-electron chi connectivity index (χ3n) is 4.31. The standard InChI is InChI=1S/C20H20N4O4S/c25-14-7-5-13(6-8-14)18(27)22-11-10-21-17(26)9-12-24-19(28)15-3-1-2-4-16(15)23-20(24)29/h1-8,25H,9-12H2,(H,21,26)(H,22,27)(H,23,29). The molecule has 0 aliphatic carbocycles. The first-order chi connectivity index (χ1) is 14.0. The maximum atomic E-state index is 12.5. The summed E-state index contributed by atoms with van der Waals surface area (Å²) in [6, 6.07) is 12.9. The molecule has 0 bridgehead atoms. The fourth-order valence-corrected chi connectivity index (χ4v) is 3.08. The van der Waals surface area contributed by atoms with Gasteiger partial charge in [-0.15, -0.1) is 0 Å². The monoisotopic (exact) mass is 412 g/mol. The second kappa shape index (κ2) is 9.16. The number of amides is 2. The zero-order chi connectivity index (χ0) is 20.8. The first-order valence-electron chi connectivity index (χ1n) is 9.01. The van der Waals surface area contributed by atoms with E-state index < -0.39 is 0 Å². The Morgan fingerprint density at radius 2 is 1.72 bits per heavy atom. The number of hydrogen-bond acceptors (Lipinski definition) is 5. The van der Waals surface area contributed by atoms with Crippen LogP contribution in [0, 0.1) is 4.77 Å². The molecule has 1 aromatic heterocycles. The van der Waals surface area contributed by atoms with Crippen LogP contribution in [0.3, 0.4) is 0 Å². The molecule has 0 atom stereocenters. The fraction of sp³-hybridized carbons (Fsp3) is 0.200. The van der Waals surface area contributed by atoms with Crippen molar-refractivity contribution < 1.29 is 14.7 Å². The van der Waals surface area contributed by atoms with Gasteiger partial charge < -0.3 is 20.7 Å². The van der Waals surface area contributed by atoms with Crippen molar-refractivity contribution in [2.24, 2.45) is 0 Å². The molecule has 0 radical (unpaired) electrons. The van der Waals surface area contributed by atoms with Crippen molar-refractivity contribution in [2.45, 2.75) is 13.0 Å². The van der Waals surface area contributed by atoms with Crippen molar-refractivity contribution in [3.05, 3.63) is 69.2 Å². The van der Waals surface area contributed by atoms with Crippen molar-refractivity contribution in [3.63, 3.8) is 0 Å². The molecule has 0 unspecified atom stereocenters. The van der Waals surface area contributed by atoms with Crippen LogP contribution in [0.1, 0.15) is 16.8 Å². The van der Waals surface area contributed by atoms with Crippen LogP contribution >= 0.6 is 12.2 Å². The predicted molar refractivity (Wildman–Crippen MR) is 111 cm³/mol. The number of phenols is 1. The number of aromatic amines is 1. The van der Waals surface area contributed by atoms with E-state index in [4.69, 9.17) is 12.2 Å². The number of H-pyrrole nitrogens is 1. The Bertz CT molecular complexity index is 1150. The highest BCUT2D eigenvalue weighted by molar-refractivity contribution is 7.71. The van der Waals surface area contributed by atoms with E-state index in [2.05, 4.69) is 15.6 Å². The molecule has 8 nitrogen and oxygen atoms in total. The van der Waals surface area contributed by atoms with E-state index in [9.17, 15) is 19.5 Å². The number of carbonyl (C=O) groups is 2. The Morgan fingerprint density at radius 1 is 1.03 bits per heavy atom. The number of aromatic nitrogens is 2. The van der Waals surface area contributed by atoms with Crippen LogP contribution in [0.2, 0.25) is 0 Å². The van der Waals surface area contributed by atoms with E-state index in [-0.39, 0.29) is 53.9 Å². The molecule has 1 heterocycles. The van der Waals surface area contributed by atoms with E-state index >= 15 is 0 Å². The Kier molecular flexibility index (Phi) is 6.40. The Labute approximate surface area is 171 Å². The van der Waals surface area contributed by atoms with Gasteiger partial charge in [-0.2, -0.15) is 0 Å². The van der Waals surface area contributed by atoms with Gasteiger partial charge >= 0.3 is 0 Å². The van der Waals surface area contributed by atoms with Gasteiger partial charge in [-0.05, 0) is 48.6 Å². The minimum absolute atomic E-state index is 0.0826. The number of hydrogen-bond donors (Lipinski definition) is 4. The number of benzene rings is 2. The molecule has 150 valence electrons. The highest BCUT2D eigenvalue weighted by Gasteiger charge is 2.08. The van der Waals surface area contributed by atoms with Crippen LogP contribution in [-0.4, -0.2) is 39.6 Å². The molecule has 0 spiro atoms. The number of fused-ring (bicyclic) bond motifs is 1. The first-order valence-corrected chi connectivity index (χ1v) is 9.42. The van der Waals surface area contributed by atoms with Crippen molar-refractivity contribution in [1.29, 1.82) is 0 Å². The lowest BCUT2D eigenvalue weighted by Gasteiger charge is -2.09.